The smallest absolute Gasteiger partial charge is 0.240 e. The Morgan fingerprint density at radius 3 is 2.57 bits per heavy atom. The molecule has 0 fully saturated rings. The second-order valence-corrected chi connectivity index (χ2v) is 7.14. The van der Waals surface area contributed by atoms with E-state index in [9.17, 15) is 0 Å². The molecule has 3 aromatic rings. The number of aromatic nitrogens is 2. The maximum Gasteiger partial charge on any atom is 0.240 e. The van der Waals surface area contributed by atoms with E-state index in [1.54, 1.807) is 0 Å². The number of hydrogen-bond acceptors (Lipinski definition) is 4. The first-order valence-electron chi connectivity index (χ1n) is 9.77. The van der Waals surface area contributed by atoms with Crippen LogP contribution in [0.15, 0.2) is 90.0 Å². The van der Waals surface area contributed by atoms with Gasteiger partial charge < -0.3 is 4.52 Å². The van der Waals surface area contributed by atoms with Crippen LogP contribution in [0.5, 0.6) is 0 Å². The summed E-state index contributed by atoms with van der Waals surface area (Å²) < 4.78 is 5.60. The summed E-state index contributed by atoms with van der Waals surface area (Å²) in [6.45, 7) is 4.57. The summed E-state index contributed by atoms with van der Waals surface area (Å²) in [5.74, 6) is 1.39. The average Bonchev–Trinajstić information content (AvgIpc) is 3.18. The van der Waals surface area contributed by atoms with Gasteiger partial charge in [-0.2, -0.15) is 4.98 Å². The highest BCUT2D eigenvalue weighted by Gasteiger charge is 2.29. The van der Waals surface area contributed by atoms with Gasteiger partial charge in [-0.05, 0) is 24.0 Å². The second-order valence-electron chi connectivity index (χ2n) is 7.14. The molecule has 0 N–H and O–H groups in total. The fourth-order valence-corrected chi connectivity index (χ4v) is 3.80. The van der Waals surface area contributed by atoms with E-state index in [0.29, 0.717) is 24.9 Å². The highest BCUT2D eigenvalue weighted by atomic mass is 16.5. The van der Waals surface area contributed by atoms with E-state index < -0.39 is 0 Å². The average molecular weight is 371 g/mol. The molecule has 2 atom stereocenters. The summed E-state index contributed by atoms with van der Waals surface area (Å²) in [6, 6.07) is 21.4. The lowest BCUT2D eigenvalue weighted by atomic mass is 9.95. The first-order valence-corrected chi connectivity index (χ1v) is 9.77. The van der Waals surface area contributed by atoms with Gasteiger partial charge in [0.1, 0.15) is 0 Å². The molecule has 2 heterocycles. The summed E-state index contributed by atoms with van der Waals surface area (Å²) in [5.41, 5.74) is 2.46. The molecule has 0 unspecified atom stereocenters. The number of hydrogen-bond donors (Lipinski definition) is 0. The van der Waals surface area contributed by atoms with Crippen molar-refractivity contribution in [1.29, 1.82) is 0 Å². The van der Waals surface area contributed by atoms with Crippen LogP contribution < -0.4 is 0 Å². The van der Waals surface area contributed by atoms with Crippen LogP contribution in [0.4, 0.5) is 0 Å². The SMILES string of the molecule is C=CC[C@@H]1CC=C[C@@H](c2ccccc2)N1Cc1nc(Cc2ccccc2)no1. The highest BCUT2D eigenvalue weighted by Crippen LogP contribution is 2.32. The van der Waals surface area contributed by atoms with E-state index in [2.05, 4.69) is 76.2 Å². The van der Waals surface area contributed by atoms with E-state index in [1.165, 1.54) is 11.1 Å². The van der Waals surface area contributed by atoms with Crippen LogP contribution in [-0.4, -0.2) is 21.1 Å². The molecular formula is C24H25N3O. The number of rotatable bonds is 7. The van der Waals surface area contributed by atoms with Crippen molar-refractivity contribution in [2.75, 3.05) is 0 Å². The van der Waals surface area contributed by atoms with Crippen LogP contribution in [0, 0.1) is 0 Å². The predicted octanol–water partition coefficient (Wildman–Crippen LogP) is 5.11. The normalized spacial score (nSPS) is 19.6. The Balaban J connectivity index is 1.54. The van der Waals surface area contributed by atoms with E-state index >= 15 is 0 Å². The minimum atomic E-state index is 0.198. The van der Waals surface area contributed by atoms with Crippen molar-refractivity contribution in [2.45, 2.75) is 37.9 Å². The summed E-state index contributed by atoms with van der Waals surface area (Å²) in [7, 11) is 0. The van der Waals surface area contributed by atoms with Gasteiger partial charge in [-0.1, -0.05) is 84.0 Å². The van der Waals surface area contributed by atoms with Crippen molar-refractivity contribution in [3.05, 3.63) is 108 Å². The van der Waals surface area contributed by atoms with E-state index in [0.717, 1.165) is 18.7 Å². The molecule has 4 nitrogen and oxygen atoms in total. The van der Waals surface area contributed by atoms with Gasteiger partial charge in [-0.3, -0.25) is 4.90 Å². The largest absolute Gasteiger partial charge is 0.338 e. The van der Waals surface area contributed by atoms with Gasteiger partial charge in [0.2, 0.25) is 5.89 Å². The van der Waals surface area contributed by atoms with Crippen LogP contribution in [0.2, 0.25) is 0 Å². The molecule has 4 rings (SSSR count). The third-order valence-corrected chi connectivity index (χ3v) is 5.17. The lowest BCUT2D eigenvalue weighted by molar-refractivity contribution is 0.123. The molecule has 0 radical (unpaired) electrons. The fraction of sp³-hybridized carbons (Fsp3) is 0.250. The molecule has 0 saturated carbocycles. The third-order valence-electron chi connectivity index (χ3n) is 5.17. The monoisotopic (exact) mass is 371 g/mol. The molecule has 0 aliphatic carbocycles. The Kier molecular flexibility index (Phi) is 5.78. The first kappa shape index (κ1) is 18.4. The molecular weight excluding hydrogens is 346 g/mol. The third kappa shape index (κ3) is 4.29. The van der Waals surface area contributed by atoms with Crippen molar-refractivity contribution >= 4 is 0 Å². The van der Waals surface area contributed by atoms with Crippen molar-refractivity contribution in [3.63, 3.8) is 0 Å². The van der Waals surface area contributed by atoms with E-state index in [1.807, 2.05) is 24.3 Å². The first-order chi connectivity index (χ1) is 13.8. The number of nitrogens with zero attached hydrogens (tertiary/aromatic N) is 3. The van der Waals surface area contributed by atoms with Gasteiger partial charge in [0.25, 0.3) is 0 Å². The fourth-order valence-electron chi connectivity index (χ4n) is 3.80. The number of benzene rings is 2. The molecule has 4 heteroatoms. The van der Waals surface area contributed by atoms with Gasteiger partial charge >= 0.3 is 0 Å². The molecule has 0 amide bonds. The molecule has 0 saturated heterocycles. The van der Waals surface area contributed by atoms with Crippen molar-refractivity contribution < 1.29 is 4.52 Å². The van der Waals surface area contributed by atoms with Crippen LogP contribution in [0.3, 0.4) is 0 Å². The zero-order chi connectivity index (χ0) is 19.2. The minimum Gasteiger partial charge on any atom is -0.338 e. The Labute approximate surface area is 166 Å². The molecule has 0 bridgehead atoms. The molecule has 1 aliphatic heterocycles. The van der Waals surface area contributed by atoms with Gasteiger partial charge in [-0.25, -0.2) is 0 Å². The predicted molar refractivity (Wildman–Crippen MR) is 111 cm³/mol. The van der Waals surface area contributed by atoms with Gasteiger partial charge in [0, 0.05) is 12.5 Å². The lowest BCUT2D eigenvalue weighted by Gasteiger charge is -2.38. The van der Waals surface area contributed by atoms with Gasteiger partial charge in [0.15, 0.2) is 5.82 Å². The maximum absolute atomic E-state index is 5.60. The Bertz CT molecular complexity index is 917. The molecule has 0 spiro atoms. The van der Waals surface area contributed by atoms with Gasteiger partial charge in [0.05, 0.1) is 12.6 Å². The highest BCUT2D eigenvalue weighted by molar-refractivity contribution is 5.25. The topological polar surface area (TPSA) is 42.2 Å². The molecule has 1 aliphatic rings. The summed E-state index contributed by atoms with van der Waals surface area (Å²) in [4.78, 5) is 7.09. The van der Waals surface area contributed by atoms with Crippen LogP contribution in [0.25, 0.3) is 0 Å². The summed E-state index contributed by atoms with van der Waals surface area (Å²) >= 11 is 0. The molecule has 28 heavy (non-hydrogen) atoms. The summed E-state index contributed by atoms with van der Waals surface area (Å²) in [5, 5.41) is 4.19. The van der Waals surface area contributed by atoms with Crippen LogP contribution >= 0.6 is 0 Å². The molecule has 2 aromatic carbocycles. The minimum absolute atomic E-state index is 0.198. The molecule has 142 valence electrons. The quantitative estimate of drug-likeness (QED) is 0.541. The van der Waals surface area contributed by atoms with Crippen molar-refractivity contribution in [1.82, 2.24) is 15.0 Å². The summed E-state index contributed by atoms with van der Waals surface area (Å²) in [6.07, 6.45) is 9.15. The second kappa shape index (κ2) is 8.81. The van der Waals surface area contributed by atoms with Gasteiger partial charge in [-0.15, -0.1) is 6.58 Å². The molecule has 1 aromatic heterocycles. The van der Waals surface area contributed by atoms with Crippen molar-refractivity contribution in [3.8, 4) is 0 Å². The van der Waals surface area contributed by atoms with Crippen LogP contribution in [0.1, 0.15) is 41.7 Å². The Morgan fingerprint density at radius 1 is 1.07 bits per heavy atom. The lowest BCUT2D eigenvalue weighted by Crippen LogP contribution is -2.39. The standard InChI is InChI=1S/C24H25N3O/c1-2-10-21-15-9-16-22(20-13-7-4-8-14-20)27(21)18-24-25-23(26-28-24)17-19-11-5-3-6-12-19/h2-9,11-14,16,21-22H,1,10,15,17-18H2/t21-,22+/m1/s1. The van der Waals surface area contributed by atoms with E-state index in [-0.39, 0.29) is 6.04 Å². The Hall–Kier alpha value is -2.98. The maximum atomic E-state index is 5.60. The van der Waals surface area contributed by atoms with Crippen molar-refractivity contribution in [2.24, 2.45) is 0 Å². The zero-order valence-electron chi connectivity index (χ0n) is 15.9. The zero-order valence-corrected chi connectivity index (χ0v) is 15.9. The van der Waals surface area contributed by atoms with Crippen LogP contribution in [-0.2, 0) is 13.0 Å². The Morgan fingerprint density at radius 2 is 1.82 bits per heavy atom. The van der Waals surface area contributed by atoms with E-state index in [4.69, 9.17) is 4.52 Å².